The molecule has 0 radical (unpaired) electrons. The van der Waals surface area contributed by atoms with E-state index in [1.807, 2.05) is 0 Å². The predicted molar refractivity (Wildman–Crippen MR) is 50.8 cm³/mol. The Morgan fingerprint density at radius 1 is 1.33 bits per heavy atom. The Bertz CT molecular complexity index is 225. The van der Waals surface area contributed by atoms with E-state index in [-0.39, 0.29) is 0 Å². The molecule has 66 valence electrons. The number of aryl methyl sites for hydroxylation is 1. The van der Waals surface area contributed by atoms with Crippen molar-refractivity contribution in [3.8, 4) is 0 Å². The van der Waals surface area contributed by atoms with Crippen molar-refractivity contribution in [3.05, 3.63) is 30.1 Å². The molecular formula is C11H18N+. The second-order valence-electron chi connectivity index (χ2n) is 3.59. The van der Waals surface area contributed by atoms with Gasteiger partial charge in [-0.05, 0) is 18.9 Å². The summed E-state index contributed by atoms with van der Waals surface area (Å²) in [6, 6.07) is 4.31. The van der Waals surface area contributed by atoms with Gasteiger partial charge < -0.3 is 0 Å². The molecule has 0 aliphatic heterocycles. The van der Waals surface area contributed by atoms with Crippen molar-refractivity contribution >= 4 is 0 Å². The van der Waals surface area contributed by atoms with E-state index in [1.54, 1.807) is 0 Å². The Hall–Kier alpha value is -0.850. The molecule has 0 saturated carbocycles. The predicted octanol–water partition coefficient (Wildman–Crippen LogP) is 2.33. The van der Waals surface area contributed by atoms with Crippen LogP contribution in [0.15, 0.2) is 24.5 Å². The van der Waals surface area contributed by atoms with Gasteiger partial charge in [0.25, 0.3) is 0 Å². The highest BCUT2D eigenvalue weighted by Gasteiger charge is 2.05. The van der Waals surface area contributed by atoms with Crippen molar-refractivity contribution in [1.82, 2.24) is 0 Å². The molecule has 1 heteroatoms. The van der Waals surface area contributed by atoms with Crippen LogP contribution in [-0.2, 0) is 6.54 Å². The SMILES string of the molecule is CCC(C)C[n+]1ccc(C)cc1. The van der Waals surface area contributed by atoms with Crippen LogP contribution in [0.4, 0.5) is 0 Å². The van der Waals surface area contributed by atoms with Gasteiger partial charge in [-0.1, -0.05) is 13.8 Å². The third-order valence-electron chi connectivity index (χ3n) is 2.28. The number of pyridine rings is 1. The van der Waals surface area contributed by atoms with Crippen LogP contribution >= 0.6 is 0 Å². The normalized spacial score (nSPS) is 12.9. The van der Waals surface area contributed by atoms with Gasteiger partial charge in [-0.15, -0.1) is 0 Å². The Balaban J connectivity index is 2.58. The van der Waals surface area contributed by atoms with Crippen LogP contribution in [0.5, 0.6) is 0 Å². The lowest BCUT2D eigenvalue weighted by Gasteiger charge is -2.03. The van der Waals surface area contributed by atoms with Crippen molar-refractivity contribution in [2.45, 2.75) is 33.7 Å². The maximum absolute atomic E-state index is 2.28. The summed E-state index contributed by atoms with van der Waals surface area (Å²) in [5.41, 5.74) is 1.33. The Morgan fingerprint density at radius 2 is 1.92 bits per heavy atom. The van der Waals surface area contributed by atoms with Crippen LogP contribution in [0.3, 0.4) is 0 Å². The number of nitrogens with zero attached hydrogens (tertiary/aromatic N) is 1. The molecule has 0 aliphatic carbocycles. The van der Waals surface area contributed by atoms with E-state index in [0.29, 0.717) is 0 Å². The van der Waals surface area contributed by atoms with E-state index < -0.39 is 0 Å². The molecule has 1 nitrogen and oxygen atoms in total. The van der Waals surface area contributed by atoms with Gasteiger partial charge in [-0.25, -0.2) is 4.57 Å². The summed E-state index contributed by atoms with van der Waals surface area (Å²) in [5, 5.41) is 0. The van der Waals surface area contributed by atoms with Crippen molar-refractivity contribution in [1.29, 1.82) is 0 Å². The lowest BCUT2D eigenvalue weighted by molar-refractivity contribution is -0.702. The van der Waals surface area contributed by atoms with E-state index >= 15 is 0 Å². The summed E-state index contributed by atoms with van der Waals surface area (Å²) in [7, 11) is 0. The minimum Gasteiger partial charge on any atom is -0.205 e. The monoisotopic (exact) mass is 164 g/mol. The van der Waals surface area contributed by atoms with Crippen LogP contribution < -0.4 is 4.57 Å². The Labute approximate surface area is 75.1 Å². The van der Waals surface area contributed by atoms with Crippen LogP contribution in [0.25, 0.3) is 0 Å². The lowest BCUT2D eigenvalue weighted by atomic mass is 10.1. The van der Waals surface area contributed by atoms with Gasteiger partial charge >= 0.3 is 0 Å². The number of aromatic nitrogens is 1. The molecule has 0 amide bonds. The number of hydrogen-bond donors (Lipinski definition) is 0. The molecule has 0 saturated heterocycles. The summed E-state index contributed by atoms with van der Waals surface area (Å²) < 4.78 is 2.25. The average molecular weight is 164 g/mol. The molecule has 0 aliphatic rings. The zero-order valence-corrected chi connectivity index (χ0v) is 8.25. The minimum atomic E-state index is 0.776. The van der Waals surface area contributed by atoms with Gasteiger partial charge in [-0.3, -0.25) is 0 Å². The third kappa shape index (κ3) is 2.65. The topological polar surface area (TPSA) is 3.88 Å². The zero-order valence-electron chi connectivity index (χ0n) is 8.25. The van der Waals surface area contributed by atoms with E-state index in [9.17, 15) is 0 Å². The van der Waals surface area contributed by atoms with E-state index in [2.05, 4.69) is 49.9 Å². The Kier molecular flexibility index (Phi) is 3.27. The summed E-state index contributed by atoms with van der Waals surface area (Å²) in [4.78, 5) is 0. The molecule has 0 bridgehead atoms. The van der Waals surface area contributed by atoms with Gasteiger partial charge in [0.05, 0.1) is 0 Å². The third-order valence-corrected chi connectivity index (χ3v) is 2.28. The fraction of sp³-hybridized carbons (Fsp3) is 0.545. The smallest absolute Gasteiger partial charge is 0.169 e. The highest BCUT2D eigenvalue weighted by Crippen LogP contribution is 1.99. The highest BCUT2D eigenvalue weighted by molar-refractivity contribution is 5.03. The summed E-state index contributed by atoms with van der Waals surface area (Å²) >= 11 is 0. The van der Waals surface area contributed by atoms with Crippen LogP contribution in [0.1, 0.15) is 25.8 Å². The molecule has 1 rings (SSSR count). The van der Waals surface area contributed by atoms with Gasteiger partial charge in [0.2, 0.25) is 0 Å². The lowest BCUT2D eigenvalue weighted by Crippen LogP contribution is -2.35. The summed E-state index contributed by atoms with van der Waals surface area (Å²) in [5.74, 6) is 0.776. The van der Waals surface area contributed by atoms with Gasteiger partial charge in [0.15, 0.2) is 18.9 Å². The molecule has 1 aromatic heterocycles. The first-order valence-electron chi connectivity index (χ1n) is 4.68. The molecule has 0 aromatic carbocycles. The molecule has 1 heterocycles. The molecule has 0 fully saturated rings. The molecule has 0 spiro atoms. The molecular weight excluding hydrogens is 146 g/mol. The fourth-order valence-corrected chi connectivity index (χ4v) is 1.14. The quantitative estimate of drug-likeness (QED) is 0.604. The van der Waals surface area contributed by atoms with E-state index in [4.69, 9.17) is 0 Å². The van der Waals surface area contributed by atoms with Crippen molar-refractivity contribution in [3.63, 3.8) is 0 Å². The standard InChI is InChI=1S/C11H18N/c1-4-10(2)9-12-7-5-11(3)6-8-12/h5-8,10H,4,9H2,1-3H3/q+1. The number of hydrogen-bond acceptors (Lipinski definition) is 0. The molecule has 0 N–H and O–H groups in total. The first-order valence-corrected chi connectivity index (χ1v) is 4.68. The fourth-order valence-electron chi connectivity index (χ4n) is 1.14. The first kappa shape index (κ1) is 9.24. The Morgan fingerprint density at radius 3 is 2.42 bits per heavy atom. The van der Waals surface area contributed by atoms with Crippen LogP contribution in [0, 0.1) is 12.8 Å². The second kappa shape index (κ2) is 4.24. The maximum Gasteiger partial charge on any atom is 0.169 e. The maximum atomic E-state index is 2.28. The van der Waals surface area contributed by atoms with Crippen molar-refractivity contribution in [2.24, 2.45) is 5.92 Å². The molecule has 12 heavy (non-hydrogen) atoms. The van der Waals surface area contributed by atoms with E-state index in [1.165, 1.54) is 12.0 Å². The van der Waals surface area contributed by atoms with Gasteiger partial charge in [-0.2, -0.15) is 0 Å². The molecule has 1 aromatic rings. The minimum absolute atomic E-state index is 0.776. The largest absolute Gasteiger partial charge is 0.205 e. The zero-order chi connectivity index (χ0) is 8.97. The first-order chi connectivity index (χ1) is 5.72. The van der Waals surface area contributed by atoms with Gasteiger partial charge in [0, 0.05) is 18.1 Å². The molecule has 1 unspecified atom stereocenters. The molecule has 1 atom stereocenters. The summed E-state index contributed by atoms with van der Waals surface area (Å²) in [6.07, 6.45) is 5.56. The van der Waals surface area contributed by atoms with Crippen LogP contribution in [-0.4, -0.2) is 0 Å². The van der Waals surface area contributed by atoms with Crippen molar-refractivity contribution < 1.29 is 4.57 Å². The highest BCUT2D eigenvalue weighted by atomic mass is 14.9. The number of rotatable bonds is 3. The summed E-state index contributed by atoms with van der Waals surface area (Å²) in [6.45, 7) is 7.77. The van der Waals surface area contributed by atoms with Gasteiger partial charge in [0.1, 0.15) is 0 Å². The van der Waals surface area contributed by atoms with E-state index in [0.717, 1.165) is 12.5 Å². The van der Waals surface area contributed by atoms with Crippen LogP contribution in [0.2, 0.25) is 0 Å². The average Bonchev–Trinajstić information content (AvgIpc) is 2.09. The van der Waals surface area contributed by atoms with Crippen molar-refractivity contribution in [2.75, 3.05) is 0 Å². The second-order valence-corrected chi connectivity index (χ2v) is 3.59.